The Kier molecular flexibility index (Phi) is 4.83. The Morgan fingerprint density at radius 1 is 1.28 bits per heavy atom. The van der Waals surface area contributed by atoms with Gasteiger partial charge in [-0.15, -0.1) is 0 Å². The minimum absolute atomic E-state index is 0.212. The number of carbonyl (C=O) groups is 1. The van der Waals surface area contributed by atoms with Gasteiger partial charge in [0.1, 0.15) is 5.69 Å². The maximum Gasteiger partial charge on any atom is 0.270 e. The predicted molar refractivity (Wildman–Crippen MR) is 97.1 cm³/mol. The zero-order valence-electron chi connectivity index (χ0n) is 14.4. The van der Waals surface area contributed by atoms with Gasteiger partial charge >= 0.3 is 0 Å². The maximum absolute atomic E-state index is 12.5. The van der Waals surface area contributed by atoms with Crippen molar-refractivity contribution >= 4 is 11.7 Å². The lowest BCUT2D eigenvalue weighted by Crippen LogP contribution is -2.26. The molecule has 25 heavy (non-hydrogen) atoms. The minimum Gasteiger partial charge on any atom is -0.382 e. The number of nitrogens with two attached hydrogens (primary N) is 1. The lowest BCUT2D eigenvalue weighted by Gasteiger charge is -2.07. The molecule has 0 saturated carbocycles. The molecule has 2 aromatic heterocycles. The summed E-state index contributed by atoms with van der Waals surface area (Å²) in [6.45, 7) is 5.30. The summed E-state index contributed by atoms with van der Waals surface area (Å²) in [7, 11) is 0. The highest BCUT2D eigenvalue weighted by Crippen LogP contribution is 2.27. The number of rotatable bonds is 6. The van der Waals surface area contributed by atoms with Gasteiger partial charge in [0.2, 0.25) is 0 Å². The molecule has 7 nitrogen and oxygen atoms in total. The third-order valence-electron chi connectivity index (χ3n) is 4.02. The molecular weight excluding hydrogens is 316 g/mol. The molecule has 3 aromatic rings. The van der Waals surface area contributed by atoms with Crippen LogP contribution in [0.1, 0.15) is 28.3 Å². The van der Waals surface area contributed by atoms with E-state index in [1.54, 1.807) is 0 Å². The zero-order valence-corrected chi connectivity index (χ0v) is 14.4. The molecule has 130 valence electrons. The highest BCUT2D eigenvalue weighted by atomic mass is 16.1. The number of nitrogens with one attached hydrogen (secondary N) is 2. The van der Waals surface area contributed by atoms with Gasteiger partial charge in [-0.2, -0.15) is 10.2 Å². The quantitative estimate of drug-likeness (QED) is 0.600. The maximum atomic E-state index is 12.5. The topological polar surface area (TPSA) is 102 Å². The van der Waals surface area contributed by atoms with E-state index in [2.05, 4.69) is 20.6 Å². The van der Waals surface area contributed by atoms with E-state index >= 15 is 0 Å². The molecule has 1 aromatic carbocycles. The van der Waals surface area contributed by atoms with Crippen molar-refractivity contribution in [3.05, 3.63) is 53.5 Å². The Bertz CT molecular complexity index is 865. The number of nitrogen functional groups attached to an aromatic ring is 1. The molecule has 0 radical (unpaired) electrons. The third kappa shape index (κ3) is 3.71. The highest BCUT2D eigenvalue weighted by molar-refractivity contribution is 6.01. The second-order valence-electron chi connectivity index (χ2n) is 5.98. The molecular formula is C18H22N6O. The minimum atomic E-state index is -0.212. The molecule has 0 atom stereocenters. The van der Waals surface area contributed by atoms with Crippen LogP contribution < -0.4 is 11.1 Å². The van der Waals surface area contributed by atoms with Crippen LogP contribution in [0.15, 0.2) is 36.4 Å². The summed E-state index contributed by atoms with van der Waals surface area (Å²) < 4.78 is 1.95. The molecule has 0 aliphatic heterocycles. The molecule has 3 rings (SSSR count). The van der Waals surface area contributed by atoms with Crippen molar-refractivity contribution in [3.63, 3.8) is 0 Å². The van der Waals surface area contributed by atoms with Crippen LogP contribution in [0.5, 0.6) is 0 Å². The Balaban J connectivity index is 1.62. The van der Waals surface area contributed by atoms with E-state index in [0.717, 1.165) is 29.9 Å². The number of benzene rings is 1. The van der Waals surface area contributed by atoms with Crippen LogP contribution in [0.3, 0.4) is 0 Å². The van der Waals surface area contributed by atoms with E-state index < -0.39 is 0 Å². The predicted octanol–water partition coefficient (Wildman–Crippen LogP) is 2.29. The summed E-state index contributed by atoms with van der Waals surface area (Å²) in [4.78, 5) is 12.5. The number of H-pyrrole nitrogens is 1. The molecule has 0 aliphatic carbocycles. The number of anilines is 1. The van der Waals surface area contributed by atoms with Crippen LogP contribution in [-0.4, -0.2) is 32.4 Å². The van der Waals surface area contributed by atoms with Crippen LogP contribution in [0.4, 0.5) is 5.82 Å². The van der Waals surface area contributed by atoms with E-state index in [9.17, 15) is 4.79 Å². The number of aromatic nitrogens is 4. The first kappa shape index (κ1) is 16.8. The Morgan fingerprint density at radius 3 is 2.72 bits per heavy atom. The van der Waals surface area contributed by atoms with Gasteiger partial charge in [-0.3, -0.25) is 14.6 Å². The van der Waals surface area contributed by atoms with Gasteiger partial charge in [-0.25, -0.2) is 0 Å². The largest absolute Gasteiger partial charge is 0.382 e. The lowest BCUT2D eigenvalue weighted by molar-refractivity contribution is 0.0948. The summed E-state index contributed by atoms with van der Waals surface area (Å²) in [5, 5.41) is 14.0. The van der Waals surface area contributed by atoms with E-state index in [1.165, 1.54) is 0 Å². The van der Waals surface area contributed by atoms with E-state index in [4.69, 9.17) is 5.73 Å². The number of nitrogens with zero attached hydrogens (tertiary/aromatic N) is 3. The van der Waals surface area contributed by atoms with Crippen LogP contribution in [0.25, 0.3) is 11.1 Å². The molecule has 0 unspecified atom stereocenters. The number of aromatic amines is 1. The Labute approximate surface area is 146 Å². The normalized spacial score (nSPS) is 10.8. The fraction of sp³-hybridized carbons (Fsp3) is 0.278. The number of amides is 1. The van der Waals surface area contributed by atoms with E-state index in [0.29, 0.717) is 23.6 Å². The lowest BCUT2D eigenvalue weighted by atomic mass is 10.1. The second-order valence-corrected chi connectivity index (χ2v) is 5.98. The van der Waals surface area contributed by atoms with Gasteiger partial charge in [0, 0.05) is 18.8 Å². The smallest absolute Gasteiger partial charge is 0.270 e. The van der Waals surface area contributed by atoms with Gasteiger partial charge in [0.15, 0.2) is 5.82 Å². The number of carbonyl (C=O) groups excluding carboxylic acids is 1. The van der Waals surface area contributed by atoms with Crippen molar-refractivity contribution in [1.82, 2.24) is 25.3 Å². The average molecular weight is 338 g/mol. The van der Waals surface area contributed by atoms with Crippen LogP contribution in [0.2, 0.25) is 0 Å². The third-order valence-corrected chi connectivity index (χ3v) is 4.02. The van der Waals surface area contributed by atoms with Crippen LogP contribution in [0, 0.1) is 13.8 Å². The average Bonchev–Trinajstić information content (AvgIpc) is 3.14. The number of hydrogen-bond donors (Lipinski definition) is 3. The van der Waals surface area contributed by atoms with Crippen molar-refractivity contribution in [1.29, 1.82) is 0 Å². The molecule has 4 N–H and O–H groups in total. The standard InChI is InChI=1S/C18H22N6O/c1-12-11-13(2)24(23-12)10-6-9-20-18(25)16-15(17(19)22-21-16)14-7-4-3-5-8-14/h3-5,7-8,11H,6,9-10H2,1-2H3,(H,20,25)(H3,19,21,22). The fourth-order valence-electron chi connectivity index (χ4n) is 2.84. The number of hydrogen-bond acceptors (Lipinski definition) is 4. The first-order chi connectivity index (χ1) is 12.1. The molecule has 0 fully saturated rings. The van der Waals surface area contributed by atoms with Crippen molar-refractivity contribution in [3.8, 4) is 11.1 Å². The zero-order chi connectivity index (χ0) is 17.8. The summed E-state index contributed by atoms with van der Waals surface area (Å²) in [5.41, 5.74) is 9.93. The molecule has 0 bridgehead atoms. The van der Waals surface area contributed by atoms with Gasteiger partial charge in [0.25, 0.3) is 5.91 Å². The van der Waals surface area contributed by atoms with Crippen LogP contribution >= 0.6 is 0 Å². The second kappa shape index (κ2) is 7.21. The van der Waals surface area contributed by atoms with Gasteiger partial charge in [-0.1, -0.05) is 30.3 Å². The molecule has 0 aliphatic rings. The molecule has 0 spiro atoms. The summed E-state index contributed by atoms with van der Waals surface area (Å²) in [6, 6.07) is 11.6. The van der Waals surface area contributed by atoms with Crippen LogP contribution in [-0.2, 0) is 6.54 Å². The summed E-state index contributed by atoms with van der Waals surface area (Å²) >= 11 is 0. The fourth-order valence-corrected chi connectivity index (χ4v) is 2.84. The summed E-state index contributed by atoms with van der Waals surface area (Å²) in [6.07, 6.45) is 0.790. The van der Waals surface area contributed by atoms with Crippen molar-refractivity contribution in [2.75, 3.05) is 12.3 Å². The summed E-state index contributed by atoms with van der Waals surface area (Å²) in [5.74, 6) is 0.107. The molecule has 2 heterocycles. The Morgan fingerprint density at radius 2 is 2.04 bits per heavy atom. The Hall–Kier alpha value is -3.09. The van der Waals surface area contributed by atoms with Crippen molar-refractivity contribution in [2.24, 2.45) is 0 Å². The van der Waals surface area contributed by atoms with E-state index in [-0.39, 0.29) is 5.91 Å². The SMILES string of the molecule is Cc1cc(C)n(CCCNC(=O)c2[nH]nc(N)c2-c2ccccc2)n1. The molecule has 7 heteroatoms. The van der Waals surface area contributed by atoms with Crippen molar-refractivity contribution < 1.29 is 4.79 Å². The molecule has 0 saturated heterocycles. The van der Waals surface area contributed by atoms with Gasteiger partial charge in [-0.05, 0) is 31.9 Å². The first-order valence-electron chi connectivity index (χ1n) is 8.25. The van der Waals surface area contributed by atoms with Gasteiger partial charge in [0.05, 0.1) is 11.3 Å². The van der Waals surface area contributed by atoms with E-state index in [1.807, 2.05) is 54.9 Å². The van der Waals surface area contributed by atoms with Gasteiger partial charge < -0.3 is 11.1 Å². The first-order valence-corrected chi connectivity index (χ1v) is 8.25. The van der Waals surface area contributed by atoms with Crippen molar-refractivity contribution in [2.45, 2.75) is 26.8 Å². The number of aryl methyl sites for hydroxylation is 3. The molecule has 1 amide bonds. The highest BCUT2D eigenvalue weighted by Gasteiger charge is 2.18. The monoisotopic (exact) mass is 338 g/mol.